The highest BCUT2D eigenvalue weighted by Crippen LogP contribution is 2.30. The molecular formula is C27H40N2O7. The van der Waals surface area contributed by atoms with Crippen molar-refractivity contribution in [2.45, 2.75) is 38.8 Å². The fourth-order valence-corrected chi connectivity index (χ4v) is 3.54. The second-order valence-electron chi connectivity index (χ2n) is 8.49. The van der Waals surface area contributed by atoms with E-state index >= 15 is 0 Å². The fraction of sp³-hybridized carbons (Fsp3) is 0.519. The van der Waals surface area contributed by atoms with Crippen molar-refractivity contribution in [1.82, 2.24) is 9.80 Å². The van der Waals surface area contributed by atoms with Gasteiger partial charge in [-0.3, -0.25) is 9.80 Å². The van der Waals surface area contributed by atoms with Gasteiger partial charge in [0.05, 0.1) is 20.3 Å². The molecule has 2 aromatic rings. The number of hydrogen-bond acceptors (Lipinski definition) is 8. The molecule has 0 saturated carbocycles. The number of hydrogen-bond donors (Lipinski definition) is 0. The third-order valence-corrected chi connectivity index (χ3v) is 5.40. The summed E-state index contributed by atoms with van der Waals surface area (Å²) in [6.07, 6.45) is 2.29. The molecule has 1 amide bonds. The number of carbonyl (C=O) groups excluding carboxylic acids is 1. The van der Waals surface area contributed by atoms with Gasteiger partial charge < -0.3 is 28.4 Å². The number of amides is 1. The third kappa shape index (κ3) is 10.4. The monoisotopic (exact) mass is 504 g/mol. The first-order valence-electron chi connectivity index (χ1n) is 12.1. The van der Waals surface area contributed by atoms with Gasteiger partial charge in [0.2, 0.25) is 0 Å². The van der Waals surface area contributed by atoms with Crippen molar-refractivity contribution in [3.05, 3.63) is 59.7 Å². The molecule has 1 atom stereocenters. The van der Waals surface area contributed by atoms with Crippen LogP contribution in [0.15, 0.2) is 48.5 Å². The van der Waals surface area contributed by atoms with Gasteiger partial charge in [-0.15, -0.1) is 0 Å². The molecule has 2 aromatic carbocycles. The summed E-state index contributed by atoms with van der Waals surface area (Å²) in [5.41, 5.74) is 1.97. The molecule has 2 rings (SSSR count). The zero-order valence-electron chi connectivity index (χ0n) is 22.1. The minimum Gasteiger partial charge on any atom is -0.497 e. The van der Waals surface area contributed by atoms with Crippen LogP contribution in [0.4, 0.5) is 4.79 Å². The van der Waals surface area contributed by atoms with Crippen molar-refractivity contribution in [1.29, 1.82) is 0 Å². The van der Waals surface area contributed by atoms with E-state index in [2.05, 4.69) is 6.92 Å². The normalized spacial score (nSPS) is 11.8. The van der Waals surface area contributed by atoms with E-state index in [4.69, 9.17) is 28.4 Å². The van der Waals surface area contributed by atoms with E-state index in [0.29, 0.717) is 13.3 Å². The highest BCUT2D eigenvalue weighted by atomic mass is 16.8. The number of nitrogens with zero attached hydrogens (tertiary/aromatic N) is 2. The summed E-state index contributed by atoms with van der Waals surface area (Å²) in [6.45, 7) is 2.77. The van der Waals surface area contributed by atoms with E-state index < -0.39 is 6.09 Å². The van der Waals surface area contributed by atoms with Crippen LogP contribution >= 0.6 is 0 Å². The maximum Gasteiger partial charge on any atom is 0.412 e. The number of ether oxygens (including phenoxy) is 6. The van der Waals surface area contributed by atoms with Crippen LogP contribution in [0.3, 0.4) is 0 Å². The van der Waals surface area contributed by atoms with E-state index in [9.17, 15) is 4.79 Å². The number of rotatable bonds is 17. The van der Waals surface area contributed by atoms with E-state index in [0.717, 1.165) is 41.9 Å². The van der Waals surface area contributed by atoms with Crippen molar-refractivity contribution in [3.63, 3.8) is 0 Å². The molecule has 0 radical (unpaired) electrons. The minimum atomic E-state index is -0.466. The first-order chi connectivity index (χ1) is 17.5. The van der Waals surface area contributed by atoms with Crippen molar-refractivity contribution < 1.29 is 33.2 Å². The summed E-state index contributed by atoms with van der Waals surface area (Å²) in [5, 5.41) is 0. The van der Waals surface area contributed by atoms with Gasteiger partial charge in [0.25, 0.3) is 0 Å². The second kappa shape index (κ2) is 16.8. The summed E-state index contributed by atoms with van der Waals surface area (Å²) >= 11 is 0. The summed E-state index contributed by atoms with van der Waals surface area (Å²) < 4.78 is 31.9. The van der Waals surface area contributed by atoms with Crippen LogP contribution in [0.2, 0.25) is 0 Å². The van der Waals surface area contributed by atoms with Crippen LogP contribution in [0.25, 0.3) is 0 Å². The lowest BCUT2D eigenvalue weighted by molar-refractivity contribution is -0.168. The van der Waals surface area contributed by atoms with Crippen molar-refractivity contribution >= 4 is 6.09 Å². The number of benzene rings is 2. The zero-order valence-corrected chi connectivity index (χ0v) is 22.1. The van der Waals surface area contributed by atoms with Gasteiger partial charge >= 0.3 is 6.09 Å². The second-order valence-corrected chi connectivity index (χ2v) is 8.49. The van der Waals surface area contributed by atoms with Crippen LogP contribution in [0.5, 0.6) is 11.5 Å². The lowest BCUT2D eigenvalue weighted by atomic mass is 9.99. The lowest BCUT2D eigenvalue weighted by Gasteiger charge is -2.32. The summed E-state index contributed by atoms with van der Waals surface area (Å²) in [6, 6.07) is 15.3. The molecule has 9 heteroatoms. The van der Waals surface area contributed by atoms with Crippen LogP contribution in [0, 0.1) is 0 Å². The van der Waals surface area contributed by atoms with Crippen molar-refractivity contribution in [2.75, 3.05) is 55.4 Å². The van der Waals surface area contributed by atoms with Crippen LogP contribution in [-0.2, 0) is 25.5 Å². The Morgan fingerprint density at radius 2 is 1.42 bits per heavy atom. The molecule has 0 aliphatic carbocycles. The predicted octanol–water partition coefficient (Wildman–Crippen LogP) is 5.02. The average molecular weight is 505 g/mol. The Labute approximate surface area is 214 Å². The summed E-state index contributed by atoms with van der Waals surface area (Å²) in [4.78, 5) is 16.9. The number of methoxy groups -OCH3 is 2. The maximum absolute atomic E-state index is 13.3. The third-order valence-electron chi connectivity index (χ3n) is 5.40. The highest BCUT2D eigenvalue weighted by Gasteiger charge is 2.27. The average Bonchev–Trinajstić information content (AvgIpc) is 2.90. The largest absolute Gasteiger partial charge is 0.497 e. The van der Waals surface area contributed by atoms with Gasteiger partial charge in [0.15, 0.2) is 20.4 Å². The molecule has 0 N–H and O–H groups in total. The molecule has 1 unspecified atom stereocenters. The van der Waals surface area contributed by atoms with Gasteiger partial charge in [-0.25, -0.2) is 4.79 Å². The molecule has 0 heterocycles. The Kier molecular flexibility index (Phi) is 13.7. The Bertz CT molecular complexity index is 859. The molecule has 36 heavy (non-hydrogen) atoms. The summed E-state index contributed by atoms with van der Waals surface area (Å²) in [7, 11) is 7.05. The minimum absolute atomic E-state index is 0.0447. The first-order valence-corrected chi connectivity index (χ1v) is 12.1. The van der Waals surface area contributed by atoms with Gasteiger partial charge in [0, 0.05) is 6.54 Å². The van der Waals surface area contributed by atoms with E-state index in [1.165, 1.54) is 0 Å². The van der Waals surface area contributed by atoms with Gasteiger partial charge in [-0.2, -0.15) is 0 Å². The van der Waals surface area contributed by atoms with Crippen LogP contribution in [-0.4, -0.2) is 71.3 Å². The molecule has 0 aliphatic rings. The molecule has 200 valence electrons. The standard InChI is InChI=1S/C27H40N2O7/c1-6-7-8-26(23-11-15-25(32-5)16-12-23)29(17-22-9-13-24(31-4)14-10-22)27(30)36-21-35-20-34-19-33-18-28(2)3/h9-16,26H,6-8,17-21H2,1-5H3. The Balaban J connectivity index is 2.09. The van der Waals surface area contributed by atoms with Crippen molar-refractivity contribution in [3.8, 4) is 11.5 Å². The lowest BCUT2D eigenvalue weighted by Crippen LogP contribution is -2.35. The maximum atomic E-state index is 13.3. The van der Waals surface area contributed by atoms with Gasteiger partial charge in [-0.05, 0) is 55.9 Å². The van der Waals surface area contributed by atoms with E-state index in [1.54, 1.807) is 19.1 Å². The first kappa shape index (κ1) is 29.4. The van der Waals surface area contributed by atoms with Gasteiger partial charge in [0.1, 0.15) is 18.2 Å². The number of carbonyl (C=O) groups is 1. The Morgan fingerprint density at radius 3 is 2.00 bits per heavy atom. The van der Waals surface area contributed by atoms with Crippen LogP contribution < -0.4 is 9.47 Å². The molecule has 0 aliphatic heterocycles. The fourth-order valence-electron chi connectivity index (χ4n) is 3.54. The molecule has 0 fully saturated rings. The van der Waals surface area contributed by atoms with E-state index in [-0.39, 0.29) is 26.4 Å². The highest BCUT2D eigenvalue weighted by molar-refractivity contribution is 5.68. The molecule has 0 bridgehead atoms. The molecule has 0 saturated heterocycles. The molecule has 0 spiro atoms. The molecule has 9 nitrogen and oxygen atoms in total. The Hall–Kier alpha value is -2.85. The quantitative estimate of drug-likeness (QED) is 0.220. The Morgan fingerprint density at radius 1 is 0.833 bits per heavy atom. The topological polar surface area (TPSA) is 78.9 Å². The zero-order chi connectivity index (χ0) is 26.2. The summed E-state index contributed by atoms with van der Waals surface area (Å²) in [5.74, 6) is 1.52. The smallest absolute Gasteiger partial charge is 0.412 e. The SMILES string of the molecule is CCCCC(c1ccc(OC)cc1)N(Cc1ccc(OC)cc1)C(=O)OCOCOCOCN(C)C. The molecule has 0 aromatic heterocycles. The van der Waals surface area contributed by atoms with E-state index in [1.807, 2.05) is 67.5 Å². The van der Waals surface area contributed by atoms with Crippen LogP contribution in [0.1, 0.15) is 43.4 Å². The predicted molar refractivity (Wildman–Crippen MR) is 137 cm³/mol. The molecular weight excluding hydrogens is 464 g/mol. The van der Waals surface area contributed by atoms with Gasteiger partial charge in [-0.1, -0.05) is 44.0 Å². The number of unbranched alkanes of at least 4 members (excludes halogenated alkanes) is 1. The van der Waals surface area contributed by atoms with Crippen molar-refractivity contribution in [2.24, 2.45) is 0 Å².